The number of carbonyl (C=O) groups is 2. The van der Waals surface area contributed by atoms with E-state index in [0.29, 0.717) is 33.5 Å². The molecule has 0 bridgehead atoms. The van der Waals surface area contributed by atoms with Gasteiger partial charge in [-0.05, 0) is 89.0 Å². The van der Waals surface area contributed by atoms with E-state index >= 15 is 4.39 Å². The third kappa shape index (κ3) is 6.80. The second-order valence-electron chi connectivity index (χ2n) is 13.4. The highest BCUT2D eigenvalue weighted by molar-refractivity contribution is 5.95. The molecule has 8 heteroatoms. The fraction of sp³-hybridized carbons (Fsp3) is 0.472. The van der Waals surface area contributed by atoms with Gasteiger partial charge in [0.25, 0.3) is 5.91 Å². The van der Waals surface area contributed by atoms with Gasteiger partial charge in [-0.3, -0.25) is 9.78 Å². The number of carbonyl (C=O) groups excluding carboxylic acids is 1. The van der Waals surface area contributed by atoms with Crippen molar-refractivity contribution in [1.82, 2.24) is 10.3 Å². The van der Waals surface area contributed by atoms with Crippen LogP contribution in [-0.2, 0) is 16.1 Å². The standard InChI is InChI=1S/C36H44FN3O4/c1-23-29(26-13-14-27(28(37)21-26)33(41)38-22-25-11-7-6-8-12-25)31(40-19-17-36(18-20-40)15-9-10-16-36)30(24(2)39-23)32(34(42)43)44-35(3,4)5/h6-8,11-14,21,32H,9-10,15-20,22H2,1-5H3,(H,38,41)(H,42,43)/t32-/m0/s1. The summed E-state index contributed by atoms with van der Waals surface area (Å²) in [6, 6.07) is 14.1. The molecule has 1 atom stereocenters. The zero-order chi connectivity index (χ0) is 31.6. The average molecular weight is 602 g/mol. The number of hydrogen-bond acceptors (Lipinski definition) is 5. The van der Waals surface area contributed by atoms with Crippen molar-refractivity contribution >= 4 is 17.6 Å². The molecule has 1 aromatic heterocycles. The molecule has 234 valence electrons. The number of amides is 1. The van der Waals surface area contributed by atoms with Crippen LogP contribution in [0.3, 0.4) is 0 Å². The summed E-state index contributed by atoms with van der Waals surface area (Å²) >= 11 is 0. The van der Waals surface area contributed by atoms with Gasteiger partial charge in [0.15, 0.2) is 6.10 Å². The zero-order valence-corrected chi connectivity index (χ0v) is 26.5. The molecule has 44 heavy (non-hydrogen) atoms. The van der Waals surface area contributed by atoms with Crippen molar-refractivity contribution in [3.63, 3.8) is 0 Å². The van der Waals surface area contributed by atoms with Crippen molar-refractivity contribution in [2.75, 3.05) is 18.0 Å². The van der Waals surface area contributed by atoms with E-state index in [9.17, 15) is 14.7 Å². The summed E-state index contributed by atoms with van der Waals surface area (Å²) in [5.74, 6) is -2.24. The van der Waals surface area contributed by atoms with Crippen molar-refractivity contribution in [2.45, 2.75) is 91.4 Å². The van der Waals surface area contributed by atoms with Crippen molar-refractivity contribution in [3.8, 4) is 11.1 Å². The molecule has 1 saturated carbocycles. The lowest BCUT2D eigenvalue weighted by Gasteiger charge is -2.42. The van der Waals surface area contributed by atoms with Crippen LogP contribution in [0.25, 0.3) is 11.1 Å². The van der Waals surface area contributed by atoms with Crippen LogP contribution in [0, 0.1) is 25.1 Å². The predicted molar refractivity (Wildman–Crippen MR) is 170 cm³/mol. The third-order valence-electron chi connectivity index (χ3n) is 9.14. The smallest absolute Gasteiger partial charge is 0.337 e. The first kappa shape index (κ1) is 31.6. The summed E-state index contributed by atoms with van der Waals surface area (Å²) in [4.78, 5) is 32.7. The number of nitrogens with zero attached hydrogens (tertiary/aromatic N) is 2. The van der Waals surface area contributed by atoms with Crippen LogP contribution in [0.4, 0.5) is 10.1 Å². The van der Waals surface area contributed by atoms with E-state index in [1.807, 2.05) is 65.0 Å². The van der Waals surface area contributed by atoms with Crippen LogP contribution in [0.1, 0.15) is 98.3 Å². The van der Waals surface area contributed by atoms with Gasteiger partial charge in [-0.1, -0.05) is 49.2 Å². The molecule has 0 unspecified atom stereocenters. The number of carboxylic acids is 1. The number of rotatable bonds is 8. The number of hydrogen-bond donors (Lipinski definition) is 2. The van der Waals surface area contributed by atoms with Gasteiger partial charge in [0.05, 0.1) is 16.9 Å². The SMILES string of the molecule is Cc1nc(C)c([C@H](OC(C)(C)C)C(=O)O)c(N2CCC3(CCCC3)CC2)c1-c1ccc(C(=O)NCc2ccccc2)c(F)c1. The molecular weight excluding hydrogens is 557 g/mol. The molecule has 1 amide bonds. The van der Waals surface area contributed by atoms with Crippen LogP contribution >= 0.6 is 0 Å². The van der Waals surface area contributed by atoms with E-state index in [1.54, 1.807) is 6.07 Å². The number of pyridine rings is 1. The maximum Gasteiger partial charge on any atom is 0.337 e. The molecule has 2 aromatic carbocycles. The number of halogens is 1. The second-order valence-corrected chi connectivity index (χ2v) is 13.4. The quantitative estimate of drug-likeness (QED) is 0.277. The largest absolute Gasteiger partial charge is 0.479 e. The Balaban J connectivity index is 1.57. The van der Waals surface area contributed by atoms with Crippen LogP contribution in [0.15, 0.2) is 48.5 Å². The van der Waals surface area contributed by atoms with E-state index in [2.05, 4.69) is 10.2 Å². The van der Waals surface area contributed by atoms with Gasteiger partial charge >= 0.3 is 5.97 Å². The Bertz CT molecular complexity index is 1520. The summed E-state index contributed by atoms with van der Waals surface area (Å²) in [6.07, 6.45) is 5.78. The Labute approximate surface area is 259 Å². The van der Waals surface area contributed by atoms with E-state index < -0.39 is 29.4 Å². The molecule has 2 aliphatic rings. The summed E-state index contributed by atoms with van der Waals surface area (Å²) in [5.41, 5.74) is 4.20. The minimum absolute atomic E-state index is 0.0511. The molecule has 2 heterocycles. The van der Waals surface area contributed by atoms with Crippen LogP contribution in [-0.4, -0.2) is 40.7 Å². The predicted octanol–water partition coefficient (Wildman–Crippen LogP) is 7.54. The average Bonchev–Trinajstić information content (AvgIpc) is 3.42. The topological polar surface area (TPSA) is 91.8 Å². The maximum atomic E-state index is 15.7. The van der Waals surface area contributed by atoms with Crippen LogP contribution < -0.4 is 10.2 Å². The Morgan fingerprint density at radius 1 is 1.02 bits per heavy atom. The first-order valence-electron chi connectivity index (χ1n) is 15.7. The van der Waals surface area contributed by atoms with E-state index in [0.717, 1.165) is 37.2 Å². The number of aliphatic carboxylic acids is 1. The minimum atomic E-state index is -1.26. The van der Waals surface area contributed by atoms with Crippen LogP contribution in [0.2, 0.25) is 0 Å². The van der Waals surface area contributed by atoms with Crippen molar-refractivity contribution in [1.29, 1.82) is 0 Å². The lowest BCUT2D eigenvalue weighted by Crippen LogP contribution is -2.40. The Hall–Kier alpha value is -3.78. The van der Waals surface area contributed by atoms with Gasteiger partial charge in [-0.25, -0.2) is 9.18 Å². The first-order chi connectivity index (χ1) is 20.9. The molecule has 5 rings (SSSR count). The van der Waals surface area contributed by atoms with Gasteiger partial charge in [-0.2, -0.15) is 0 Å². The highest BCUT2D eigenvalue weighted by atomic mass is 19.1. The molecule has 1 aliphatic heterocycles. The minimum Gasteiger partial charge on any atom is -0.479 e. The molecule has 0 radical (unpaired) electrons. The number of aryl methyl sites for hydroxylation is 2. The van der Waals surface area contributed by atoms with E-state index in [4.69, 9.17) is 9.72 Å². The highest BCUT2D eigenvalue weighted by Gasteiger charge is 2.40. The lowest BCUT2D eigenvalue weighted by atomic mass is 9.76. The number of anilines is 1. The Morgan fingerprint density at radius 3 is 2.27 bits per heavy atom. The van der Waals surface area contributed by atoms with Gasteiger partial charge in [0, 0.05) is 42.1 Å². The number of nitrogens with one attached hydrogen (secondary N) is 1. The number of piperidine rings is 1. The molecule has 2 fully saturated rings. The normalized spacial score (nSPS) is 17.1. The van der Waals surface area contributed by atoms with Crippen LogP contribution in [0.5, 0.6) is 0 Å². The molecular formula is C36H44FN3O4. The molecule has 2 N–H and O–H groups in total. The van der Waals surface area contributed by atoms with Gasteiger partial charge in [0.1, 0.15) is 5.82 Å². The van der Waals surface area contributed by atoms with Crippen molar-refractivity contribution in [2.24, 2.45) is 5.41 Å². The third-order valence-corrected chi connectivity index (χ3v) is 9.14. The maximum absolute atomic E-state index is 15.7. The fourth-order valence-corrected chi connectivity index (χ4v) is 6.98. The number of ether oxygens (including phenoxy) is 1. The lowest BCUT2D eigenvalue weighted by molar-refractivity contribution is -0.160. The monoisotopic (exact) mass is 601 g/mol. The number of carboxylic acid groups (broad SMARTS) is 1. The van der Waals surface area contributed by atoms with E-state index in [-0.39, 0.29) is 12.1 Å². The molecule has 1 spiro atoms. The van der Waals surface area contributed by atoms with E-state index in [1.165, 1.54) is 37.8 Å². The Kier molecular flexibility index (Phi) is 9.12. The van der Waals surface area contributed by atoms with Gasteiger partial charge in [0.2, 0.25) is 0 Å². The summed E-state index contributed by atoms with van der Waals surface area (Å²) in [5, 5.41) is 13.2. The molecule has 7 nitrogen and oxygen atoms in total. The zero-order valence-electron chi connectivity index (χ0n) is 26.5. The van der Waals surface area contributed by atoms with Crippen molar-refractivity contribution in [3.05, 3.63) is 82.4 Å². The fourth-order valence-electron chi connectivity index (χ4n) is 6.98. The number of aromatic nitrogens is 1. The Morgan fingerprint density at radius 2 is 1.68 bits per heavy atom. The van der Waals surface area contributed by atoms with Gasteiger partial charge < -0.3 is 20.1 Å². The first-order valence-corrected chi connectivity index (χ1v) is 15.7. The van der Waals surface area contributed by atoms with Gasteiger partial charge in [-0.15, -0.1) is 0 Å². The molecule has 1 aliphatic carbocycles. The highest BCUT2D eigenvalue weighted by Crippen LogP contribution is 2.49. The summed E-state index contributed by atoms with van der Waals surface area (Å²) in [7, 11) is 0. The van der Waals surface area contributed by atoms with Crippen molar-refractivity contribution < 1.29 is 23.8 Å². The summed E-state index contributed by atoms with van der Waals surface area (Å²) in [6.45, 7) is 11.0. The number of benzene rings is 2. The molecule has 1 saturated heterocycles. The molecule has 3 aromatic rings. The second kappa shape index (κ2) is 12.7. The summed E-state index contributed by atoms with van der Waals surface area (Å²) < 4.78 is 21.9.